The van der Waals surface area contributed by atoms with Gasteiger partial charge in [0.1, 0.15) is 28.7 Å². The Hall–Kier alpha value is -3.05. The van der Waals surface area contributed by atoms with Gasteiger partial charge in [-0.15, -0.1) is 0 Å². The molecule has 11 heteroatoms. The molecule has 0 saturated heterocycles. The van der Waals surface area contributed by atoms with Crippen LogP contribution in [-0.4, -0.2) is 46.2 Å². The maximum Gasteiger partial charge on any atom is 0.244 e. The van der Waals surface area contributed by atoms with E-state index in [0.717, 1.165) is 0 Å². The first-order chi connectivity index (χ1) is 13.9. The van der Waals surface area contributed by atoms with Crippen molar-refractivity contribution in [2.75, 3.05) is 23.7 Å². The minimum atomic E-state index is -3.64. The summed E-state index contributed by atoms with van der Waals surface area (Å²) in [5.41, 5.74) is 1.12. The van der Waals surface area contributed by atoms with Crippen LogP contribution in [0.25, 0.3) is 0 Å². The first-order valence-corrected chi connectivity index (χ1v) is 10.7. The van der Waals surface area contributed by atoms with Gasteiger partial charge in [-0.25, -0.2) is 28.1 Å². The fourth-order valence-corrected chi connectivity index (χ4v) is 4.35. The third-order valence-corrected chi connectivity index (χ3v) is 5.91. The van der Waals surface area contributed by atoms with Gasteiger partial charge in [0.05, 0.1) is 11.4 Å². The summed E-state index contributed by atoms with van der Waals surface area (Å²) in [6.07, 6.45) is 3.10. The van der Waals surface area contributed by atoms with Gasteiger partial charge in [0, 0.05) is 31.9 Å². The van der Waals surface area contributed by atoms with Gasteiger partial charge < -0.3 is 10.6 Å². The second-order valence-corrected chi connectivity index (χ2v) is 7.97. The maximum atomic E-state index is 12.6. The average molecular weight is 417 g/mol. The van der Waals surface area contributed by atoms with E-state index in [9.17, 15) is 8.42 Å². The van der Waals surface area contributed by atoms with Crippen molar-refractivity contribution in [2.45, 2.75) is 32.2 Å². The summed E-state index contributed by atoms with van der Waals surface area (Å²) in [6, 6.07) is 7.25. The number of pyridine rings is 1. The van der Waals surface area contributed by atoms with Crippen LogP contribution in [0.2, 0.25) is 0 Å². The molecule has 0 fully saturated rings. The lowest BCUT2D eigenvalue weighted by atomic mass is 10.4. The number of hydrogen-bond donors (Lipinski definition) is 3. The minimum absolute atomic E-state index is 0.200. The molecule has 0 spiro atoms. The van der Waals surface area contributed by atoms with Crippen molar-refractivity contribution >= 4 is 27.5 Å². The van der Waals surface area contributed by atoms with E-state index in [1.54, 1.807) is 30.8 Å². The Bertz CT molecular complexity index is 1070. The second kappa shape index (κ2) is 8.97. The molecule has 0 saturated carbocycles. The van der Waals surface area contributed by atoms with E-state index in [2.05, 4.69) is 35.4 Å². The van der Waals surface area contributed by atoms with E-state index < -0.39 is 10.0 Å². The Morgan fingerprint density at radius 1 is 1.03 bits per heavy atom. The minimum Gasteiger partial charge on any atom is -0.369 e. The van der Waals surface area contributed by atoms with Crippen LogP contribution in [0, 0.1) is 13.8 Å². The average Bonchev–Trinajstić information content (AvgIpc) is 3.00. The SMILES string of the molecule is CCn1nc(C)c(S(=O)(=O)NCCNc2cc(Nc3ccccn3)ncn2)c1C. The van der Waals surface area contributed by atoms with E-state index in [4.69, 9.17) is 0 Å². The Labute approximate surface area is 169 Å². The van der Waals surface area contributed by atoms with Gasteiger partial charge in [-0.2, -0.15) is 5.10 Å². The summed E-state index contributed by atoms with van der Waals surface area (Å²) in [4.78, 5) is 12.7. The van der Waals surface area contributed by atoms with Crippen molar-refractivity contribution in [3.63, 3.8) is 0 Å². The summed E-state index contributed by atoms with van der Waals surface area (Å²) >= 11 is 0. The lowest BCUT2D eigenvalue weighted by Gasteiger charge is -2.10. The zero-order chi connectivity index (χ0) is 20.9. The highest BCUT2D eigenvalue weighted by Gasteiger charge is 2.23. The predicted molar refractivity (Wildman–Crippen MR) is 111 cm³/mol. The zero-order valence-corrected chi connectivity index (χ0v) is 17.4. The van der Waals surface area contributed by atoms with Crippen LogP contribution in [0.15, 0.2) is 41.7 Å². The number of hydrogen-bond acceptors (Lipinski definition) is 8. The van der Waals surface area contributed by atoms with E-state index in [1.165, 1.54) is 6.33 Å². The molecule has 0 radical (unpaired) electrons. The van der Waals surface area contributed by atoms with Crippen molar-refractivity contribution in [3.05, 3.63) is 48.2 Å². The van der Waals surface area contributed by atoms with Crippen LogP contribution in [0.4, 0.5) is 17.5 Å². The second-order valence-electron chi connectivity index (χ2n) is 6.27. The van der Waals surface area contributed by atoms with Crippen LogP contribution in [0.3, 0.4) is 0 Å². The lowest BCUT2D eigenvalue weighted by molar-refractivity contribution is 0.580. The molecule has 3 N–H and O–H groups in total. The first-order valence-electron chi connectivity index (χ1n) is 9.18. The normalized spacial score (nSPS) is 11.4. The van der Waals surface area contributed by atoms with Gasteiger partial charge >= 0.3 is 0 Å². The smallest absolute Gasteiger partial charge is 0.244 e. The molecule has 3 rings (SSSR count). The molecule has 3 aromatic heterocycles. The molecule has 0 bridgehead atoms. The molecule has 0 atom stereocenters. The molecule has 0 aliphatic heterocycles. The molecule has 0 unspecified atom stereocenters. The largest absolute Gasteiger partial charge is 0.369 e. The number of nitrogens with zero attached hydrogens (tertiary/aromatic N) is 5. The van der Waals surface area contributed by atoms with E-state index in [0.29, 0.717) is 41.9 Å². The molecule has 3 aromatic rings. The highest BCUT2D eigenvalue weighted by molar-refractivity contribution is 7.89. The molecule has 0 aromatic carbocycles. The Balaban J connectivity index is 1.57. The highest BCUT2D eigenvalue weighted by atomic mass is 32.2. The standard InChI is InChI=1S/C18H24N8O2S/c1-4-26-14(3)18(13(2)25-26)29(27,28)23-10-9-20-16-11-17(22-12-21-16)24-15-7-5-6-8-19-15/h5-8,11-12,23H,4,9-10H2,1-3H3,(H2,19,20,21,22,24). The first kappa shape index (κ1) is 20.7. The van der Waals surface area contributed by atoms with Gasteiger partial charge in [0.15, 0.2) is 0 Å². The van der Waals surface area contributed by atoms with Gasteiger partial charge in [-0.3, -0.25) is 4.68 Å². The Morgan fingerprint density at radius 3 is 2.52 bits per heavy atom. The number of aromatic nitrogens is 5. The summed E-state index contributed by atoms with van der Waals surface area (Å²) < 4.78 is 29.6. The van der Waals surface area contributed by atoms with Crippen LogP contribution in [0.5, 0.6) is 0 Å². The van der Waals surface area contributed by atoms with Gasteiger partial charge in [-0.05, 0) is 32.9 Å². The van der Waals surface area contributed by atoms with Crippen molar-refractivity contribution in [2.24, 2.45) is 0 Å². The quantitative estimate of drug-likeness (QED) is 0.451. The molecule has 0 aliphatic carbocycles. The summed E-state index contributed by atoms with van der Waals surface area (Å²) in [5.74, 6) is 1.83. The zero-order valence-electron chi connectivity index (χ0n) is 16.5. The molecule has 0 amide bonds. The van der Waals surface area contributed by atoms with Gasteiger partial charge in [-0.1, -0.05) is 6.07 Å². The number of rotatable bonds is 9. The molecular formula is C18H24N8O2S. The van der Waals surface area contributed by atoms with E-state index >= 15 is 0 Å². The van der Waals surface area contributed by atoms with Crippen molar-refractivity contribution in [1.82, 2.24) is 29.5 Å². The third-order valence-electron chi connectivity index (χ3n) is 4.19. The predicted octanol–water partition coefficient (Wildman–Crippen LogP) is 1.84. The topological polar surface area (TPSA) is 127 Å². The van der Waals surface area contributed by atoms with Gasteiger partial charge in [0.25, 0.3) is 0 Å². The lowest BCUT2D eigenvalue weighted by Crippen LogP contribution is -2.29. The van der Waals surface area contributed by atoms with E-state index in [-0.39, 0.29) is 11.4 Å². The summed E-state index contributed by atoms with van der Waals surface area (Å²) in [7, 11) is -3.64. The fourth-order valence-electron chi connectivity index (χ4n) is 2.92. The van der Waals surface area contributed by atoms with Crippen molar-refractivity contribution < 1.29 is 8.42 Å². The Kier molecular flexibility index (Phi) is 6.39. The molecular weight excluding hydrogens is 392 g/mol. The molecule has 29 heavy (non-hydrogen) atoms. The van der Waals surface area contributed by atoms with Crippen LogP contribution < -0.4 is 15.4 Å². The molecule has 154 valence electrons. The number of anilines is 3. The van der Waals surface area contributed by atoms with Crippen LogP contribution in [0.1, 0.15) is 18.3 Å². The van der Waals surface area contributed by atoms with E-state index in [1.807, 2.05) is 25.1 Å². The molecule has 0 aliphatic rings. The highest BCUT2D eigenvalue weighted by Crippen LogP contribution is 2.19. The fraction of sp³-hybridized carbons (Fsp3) is 0.333. The summed E-state index contributed by atoms with van der Waals surface area (Å²) in [5, 5.41) is 10.4. The number of sulfonamides is 1. The van der Waals surface area contributed by atoms with Crippen LogP contribution >= 0.6 is 0 Å². The van der Waals surface area contributed by atoms with Crippen molar-refractivity contribution in [3.8, 4) is 0 Å². The third kappa shape index (κ3) is 5.06. The summed E-state index contributed by atoms with van der Waals surface area (Å²) in [6.45, 7) is 6.55. The molecule has 3 heterocycles. The van der Waals surface area contributed by atoms with Crippen LogP contribution in [-0.2, 0) is 16.6 Å². The van der Waals surface area contributed by atoms with Crippen molar-refractivity contribution in [1.29, 1.82) is 0 Å². The monoisotopic (exact) mass is 416 g/mol. The molecule has 10 nitrogen and oxygen atoms in total. The Morgan fingerprint density at radius 2 is 1.83 bits per heavy atom. The number of nitrogens with one attached hydrogen (secondary N) is 3. The maximum absolute atomic E-state index is 12.6. The van der Waals surface area contributed by atoms with Gasteiger partial charge in [0.2, 0.25) is 10.0 Å². The number of aryl methyl sites for hydroxylation is 2.